The Morgan fingerprint density at radius 1 is 1.24 bits per heavy atom. The molecule has 1 amide bonds. The minimum Gasteiger partial charge on any atom is -0.384 e. The lowest BCUT2D eigenvalue weighted by Gasteiger charge is -2.35. The smallest absolute Gasteiger partial charge is 0.233 e. The van der Waals surface area contributed by atoms with E-state index < -0.39 is 5.41 Å². The van der Waals surface area contributed by atoms with Crippen LogP contribution in [0.5, 0.6) is 0 Å². The quantitative estimate of drug-likeness (QED) is 0.775. The number of nitrogens with one attached hydrogen (secondary N) is 2. The van der Waals surface area contributed by atoms with Gasteiger partial charge in [-0.1, -0.05) is 12.8 Å². The number of hydrogen-bond acceptors (Lipinski definition) is 4. The SMILES string of the molecule is COCC1(C(=O)Nc2ccc(SC3CCCC3)cc2)CCNCC1.Cl. The Bertz CT molecular complexity index is 535. The van der Waals surface area contributed by atoms with Crippen LogP contribution in [0.3, 0.4) is 0 Å². The van der Waals surface area contributed by atoms with Crippen LogP contribution < -0.4 is 10.6 Å². The standard InChI is InChI=1S/C19H28N2O2S.ClH/c1-23-14-19(10-12-20-13-11-19)18(22)21-15-6-8-17(9-7-15)24-16-4-2-3-5-16;/h6-9,16,20H,2-5,10-14H2,1H3,(H,21,22);1H. The highest BCUT2D eigenvalue weighted by molar-refractivity contribution is 8.00. The molecule has 0 aromatic heterocycles. The average molecular weight is 385 g/mol. The Labute approximate surface area is 161 Å². The van der Waals surface area contributed by atoms with Crippen LogP contribution in [0.2, 0.25) is 0 Å². The molecule has 140 valence electrons. The molecule has 2 aliphatic rings. The van der Waals surface area contributed by atoms with Crippen molar-refractivity contribution in [2.75, 3.05) is 32.1 Å². The maximum atomic E-state index is 12.8. The zero-order valence-corrected chi connectivity index (χ0v) is 16.5. The maximum absolute atomic E-state index is 12.8. The fourth-order valence-electron chi connectivity index (χ4n) is 3.70. The first-order chi connectivity index (χ1) is 11.7. The van der Waals surface area contributed by atoms with Crippen LogP contribution in [0.25, 0.3) is 0 Å². The van der Waals surface area contributed by atoms with E-state index in [4.69, 9.17) is 4.74 Å². The van der Waals surface area contributed by atoms with Gasteiger partial charge in [-0.25, -0.2) is 0 Å². The number of ether oxygens (including phenoxy) is 1. The molecule has 25 heavy (non-hydrogen) atoms. The van der Waals surface area contributed by atoms with Crippen LogP contribution in [-0.4, -0.2) is 38.0 Å². The topological polar surface area (TPSA) is 50.4 Å². The van der Waals surface area contributed by atoms with Crippen LogP contribution >= 0.6 is 24.2 Å². The first-order valence-corrected chi connectivity index (χ1v) is 9.88. The van der Waals surface area contributed by atoms with E-state index in [0.717, 1.165) is 36.9 Å². The highest BCUT2D eigenvalue weighted by atomic mass is 35.5. The van der Waals surface area contributed by atoms with Crippen molar-refractivity contribution in [2.45, 2.75) is 48.7 Å². The van der Waals surface area contributed by atoms with E-state index in [1.54, 1.807) is 7.11 Å². The number of carbonyl (C=O) groups excluding carboxylic acids is 1. The summed E-state index contributed by atoms with van der Waals surface area (Å²) in [5.74, 6) is 0.0852. The van der Waals surface area contributed by atoms with Crippen LogP contribution in [0.15, 0.2) is 29.2 Å². The van der Waals surface area contributed by atoms with Crippen molar-refractivity contribution < 1.29 is 9.53 Å². The van der Waals surface area contributed by atoms with Crippen LogP contribution in [0, 0.1) is 5.41 Å². The number of anilines is 1. The lowest BCUT2D eigenvalue weighted by molar-refractivity contribution is -0.130. The summed E-state index contributed by atoms with van der Waals surface area (Å²) in [5, 5.41) is 7.19. The molecule has 1 aliphatic carbocycles. The van der Waals surface area contributed by atoms with Gasteiger partial charge in [-0.3, -0.25) is 4.79 Å². The van der Waals surface area contributed by atoms with Crippen molar-refractivity contribution in [1.82, 2.24) is 5.32 Å². The van der Waals surface area contributed by atoms with E-state index >= 15 is 0 Å². The second-order valence-electron chi connectivity index (χ2n) is 6.97. The molecule has 0 bridgehead atoms. The van der Waals surface area contributed by atoms with Crippen molar-refractivity contribution in [3.63, 3.8) is 0 Å². The van der Waals surface area contributed by atoms with Crippen LogP contribution in [-0.2, 0) is 9.53 Å². The van der Waals surface area contributed by atoms with Gasteiger partial charge in [0.05, 0.1) is 12.0 Å². The summed E-state index contributed by atoms with van der Waals surface area (Å²) in [6.45, 7) is 2.22. The number of benzene rings is 1. The fourth-order valence-corrected chi connectivity index (χ4v) is 4.94. The lowest BCUT2D eigenvalue weighted by Crippen LogP contribution is -2.47. The third-order valence-corrected chi connectivity index (χ3v) is 6.53. The van der Waals surface area contributed by atoms with E-state index in [-0.39, 0.29) is 18.3 Å². The molecule has 1 aromatic rings. The van der Waals surface area contributed by atoms with Crippen molar-refractivity contribution in [3.8, 4) is 0 Å². The first-order valence-electron chi connectivity index (χ1n) is 9.00. The van der Waals surface area contributed by atoms with Gasteiger partial charge >= 0.3 is 0 Å². The van der Waals surface area contributed by atoms with Gasteiger partial charge in [-0.2, -0.15) is 0 Å². The van der Waals surface area contributed by atoms with E-state index in [9.17, 15) is 4.79 Å². The van der Waals surface area contributed by atoms with Crippen molar-refractivity contribution in [3.05, 3.63) is 24.3 Å². The zero-order chi connectivity index (χ0) is 16.8. The van der Waals surface area contributed by atoms with Gasteiger partial charge in [-0.05, 0) is 63.0 Å². The minimum atomic E-state index is -0.405. The number of carbonyl (C=O) groups is 1. The summed E-state index contributed by atoms with van der Waals surface area (Å²) in [4.78, 5) is 14.1. The molecule has 0 atom stereocenters. The summed E-state index contributed by atoms with van der Waals surface area (Å²) in [6, 6.07) is 8.31. The number of halogens is 1. The van der Waals surface area contributed by atoms with Gasteiger partial charge in [0.2, 0.25) is 5.91 Å². The minimum absolute atomic E-state index is 0. The maximum Gasteiger partial charge on any atom is 0.233 e. The number of piperidine rings is 1. The summed E-state index contributed by atoms with van der Waals surface area (Å²) in [5.41, 5.74) is 0.474. The molecule has 6 heteroatoms. The van der Waals surface area contributed by atoms with E-state index in [1.807, 2.05) is 23.9 Å². The number of amides is 1. The van der Waals surface area contributed by atoms with E-state index in [1.165, 1.54) is 30.6 Å². The molecule has 0 radical (unpaired) electrons. The molecule has 1 saturated heterocycles. The van der Waals surface area contributed by atoms with Gasteiger partial charge in [0.25, 0.3) is 0 Å². The molecule has 4 nitrogen and oxygen atoms in total. The molecular weight excluding hydrogens is 356 g/mol. The molecule has 0 spiro atoms. The summed E-state index contributed by atoms with van der Waals surface area (Å²) in [7, 11) is 1.67. The van der Waals surface area contributed by atoms with Gasteiger partial charge in [0, 0.05) is 22.9 Å². The highest BCUT2D eigenvalue weighted by Crippen LogP contribution is 2.35. The van der Waals surface area contributed by atoms with E-state index in [2.05, 4.69) is 22.8 Å². The Morgan fingerprint density at radius 3 is 2.48 bits per heavy atom. The van der Waals surface area contributed by atoms with Crippen LogP contribution in [0.4, 0.5) is 5.69 Å². The van der Waals surface area contributed by atoms with Gasteiger partial charge in [0.15, 0.2) is 0 Å². The van der Waals surface area contributed by atoms with Crippen molar-refractivity contribution in [2.24, 2.45) is 5.41 Å². The van der Waals surface area contributed by atoms with Gasteiger partial charge in [0.1, 0.15) is 0 Å². The average Bonchev–Trinajstić information content (AvgIpc) is 3.11. The Kier molecular flexibility index (Phi) is 8.07. The predicted octanol–water partition coefficient (Wildman–Crippen LogP) is 4.10. The predicted molar refractivity (Wildman–Crippen MR) is 107 cm³/mol. The van der Waals surface area contributed by atoms with Gasteiger partial charge in [-0.15, -0.1) is 24.2 Å². The number of hydrogen-bond donors (Lipinski definition) is 2. The van der Waals surface area contributed by atoms with E-state index in [0.29, 0.717) is 6.61 Å². The molecule has 0 unspecified atom stereocenters. The highest BCUT2D eigenvalue weighted by Gasteiger charge is 2.39. The number of methoxy groups -OCH3 is 1. The molecule has 1 saturated carbocycles. The molecule has 1 aliphatic heterocycles. The lowest BCUT2D eigenvalue weighted by atomic mass is 9.78. The molecule has 1 heterocycles. The van der Waals surface area contributed by atoms with Crippen molar-refractivity contribution in [1.29, 1.82) is 0 Å². The summed E-state index contributed by atoms with van der Waals surface area (Å²) in [6.07, 6.45) is 7.03. The first kappa shape index (κ1) is 20.6. The zero-order valence-electron chi connectivity index (χ0n) is 14.9. The number of thioether (sulfide) groups is 1. The third kappa shape index (κ3) is 5.36. The second kappa shape index (κ2) is 9.81. The normalized spacial score (nSPS) is 20.0. The third-order valence-electron chi connectivity index (χ3n) is 5.18. The molecule has 2 N–H and O–H groups in total. The number of rotatable bonds is 6. The Hall–Kier alpha value is -0.750. The van der Waals surface area contributed by atoms with Crippen LogP contribution in [0.1, 0.15) is 38.5 Å². The fraction of sp³-hybridized carbons (Fsp3) is 0.632. The Morgan fingerprint density at radius 2 is 1.88 bits per heavy atom. The van der Waals surface area contributed by atoms with Gasteiger partial charge < -0.3 is 15.4 Å². The Balaban J connectivity index is 0.00000225. The summed E-state index contributed by atoms with van der Waals surface area (Å²) >= 11 is 1.97. The summed E-state index contributed by atoms with van der Waals surface area (Å²) < 4.78 is 5.35. The monoisotopic (exact) mass is 384 g/mol. The molecular formula is C19H29ClN2O2S. The largest absolute Gasteiger partial charge is 0.384 e. The molecule has 1 aromatic carbocycles. The van der Waals surface area contributed by atoms with Crippen molar-refractivity contribution >= 4 is 35.8 Å². The molecule has 2 fully saturated rings. The second-order valence-corrected chi connectivity index (χ2v) is 8.34. The molecule has 3 rings (SSSR count).